The highest BCUT2D eigenvalue weighted by atomic mass is 79.9. The fraction of sp³-hybridized carbons (Fsp3) is 0.571. The fourth-order valence-corrected chi connectivity index (χ4v) is 3.57. The summed E-state index contributed by atoms with van der Waals surface area (Å²) in [6, 6.07) is 2.31. The molecule has 0 bridgehead atoms. The summed E-state index contributed by atoms with van der Waals surface area (Å²) in [5.74, 6) is 0.756. The third kappa shape index (κ3) is 2.82. The highest BCUT2D eigenvalue weighted by Crippen LogP contribution is 2.33. The standard InChI is InChI=1S/C14H18BrN3O/c15-10-8-16-6-5-12(10)18-14(19)13-7-9-3-1-2-4-11(9)17-13/h5-6,8-9,11,13,17H,1-4,7H2,(H,16,18,19). The Morgan fingerprint density at radius 1 is 1.42 bits per heavy atom. The van der Waals surface area contributed by atoms with Gasteiger partial charge in [-0.2, -0.15) is 0 Å². The van der Waals surface area contributed by atoms with Gasteiger partial charge < -0.3 is 10.6 Å². The molecule has 0 aromatic carbocycles. The molecule has 2 heterocycles. The van der Waals surface area contributed by atoms with Crippen LogP contribution in [0, 0.1) is 5.92 Å². The third-order valence-electron chi connectivity index (χ3n) is 4.21. The Hall–Kier alpha value is -0.940. The van der Waals surface area contributed by atoms with Gasteiger partial charge in [0.15, 0.2) is 0 Å². The van der Waals surface area contributed by atoms with E-state index in [9.17, 15) is 4.79 Å². The van der Waals surface area contributed by atoms with E-state index >= 15 is 0 Å². The molecule has 0 spiro atoms. The minimum atomic E-state index is -0.0480. The third-order valence-corrected chi connectivity index (χ3v) is 4.84. The monoisotopic (exact) mass is 323 g/mol. The van der Waals surface area contributed by atoms with Gasteiger partial charge >= 0.3 is 0 Å². The van der Waals surface area contributed by atoms with Gasteiger partial charge in [-0.3, -0.25) is 9.78 Å². The SMILES string of the molecule is O=C(Nc1ccncc1Br)C1CC2CCCCC2N1. The number of rotatable bonds is 2. The molecule has 3 rings (SSSR count). The molecule has 5 heteroatoms. The van der Waals surface area contributed by atoms with Crippen molar-refractivity contribution in [3.05, 3.63) is 22.9 Å². The summed E-state index contributed by atoms with van der Waals surface area (Å²) < 4.78 is 0.818. The molecule has 0 radical (unpaired) electrons. The lowest BCUT2D eigenvalue weighted by atomic mass is 9.85. The molecule has 1 amide bonds. The number of aromatic nitrogens is 1. The number of carbonyl (C=O) groups excluding carboxylic acids is 1. The molecule has 1 aliphatic carbocycles. The molecule has 2 N–H and O–H groups in total. The highest BCUT2D eigenvalue weighted by molar-refractivity contribution is 9.10. The normalized spacial score (nSPS) is 29.8. The minimum absolute atomic E-state index is 0.0480. The second-order valence-corrected chi connectivity index (χ2v) is 6.31. The summed E-state index contributed by atoms with van der Waals surface area (Å²) in [5.41, 5.74) is 0.789. The van der Waals surface area contributed by atoms with E-state index in [1.165, 1.54) is 25.7 Å². The molecule has 1 aromatic rings. The van der Waals surface area contributed by atoms with Crippen molar-refractivity contribution in [1.82, 2.24) is 10.3 Å². The second-order valence-electron chi connectivity index (χ2n) is 5.45. The summed E-state index contributed by atoms with van der Waals surface area (Å²) >= 11 is 3.40. The fourth-order valence-electron chi connectivity index (χ4n) is 3.22. The van der Waals surface area contributed by atoms with E-state index in [4.69, 9.17) is 0 Å². The van der Waals surface area contributed by atoms with E-state index < -0.39 is 0 Å². The van der Waals surface area contributed by atoms with Gasteiger partial charge in [-0.15, -0.1) is 0 Å². The van der Waals surface area contributed by atoms with Crippen LogP contribution in [0.3, 0.4) is 0 Å². The first kappa shape index (κ1) is 13.1. The van der Waals surface area contributed by atoms with Crippen LogP contribution in [0.15, 0.2) is 22.9 Å². The van der Waals surface area contributed by atoms with Gasteiger partial charge in [-0.1, -0.05) is 12.8 Å². The lowest BCUT2D eigenvalue weighted by molar-refractivity contribution is -0.117. The number of anilines is 1. The molecule has 102 valence electrons. The molecule has 1 saturated heterocycles. The Balaban J connectivity index is 1.64. The molecule has 1 aliphatic heterocycles. The van der Waals surface area contributed by atoms with E-state index in [1.807, 2.05) is 6.07 Å². The molecule has 19 heavy (non-hydrogen) atoms. The topological polar surface area (TPSA) is 54.0 Å². The first-order chi connectivity index (χ1) is 9.24. The van der Waals surface area contributed by atoms with Crippen molar-refractivity contribution in [3.8, 4) is 0 Å². The van der Waals surface area contributed by atoms with Crippen molar-refractivity contribution in [3.63, 3.8) is 0 Å². The summed E-state index contributed by atoms with van der Waals surface area (Å²) in [4.78, 5) is 16.3. The van der Waals surface area contributed by atoms with Crippen molar-refractivity contribution in [2.45, 2.75) is 44.2 Å². The maximum absolute atomic E-state index is 12.3. The number of hydrogen-bond acceptors (Lipinski definition) is 3. The van der Waals surface area contributed by atoms with E-state index in [-0.39, 0.29) is 11.9 Å². The second kappa shape index (κ2) is 5.59. The predicted molar refractivity (Wildman–Crippen MR) is 77.9 cm³/mol. The Morgan fingerprint density at radius 2 is 2.26 bits per heavy atom. The Kier molecular flexibility index (Phi) is 3.84. The lowest BCUT2D eigenvalue weighted by Crippen LogP contribution is -2.39. The maximum Gasteiger partial charge on any atom is 0.241 e. The van der Waals surface area contributed by atoms with Crippen LogP contribution >= 0.6 is 15.9 Å². The number of fused-ring (bicyclic) bond motifs is 1. The Labute approximate surface area is 121 Å². The van der Waals surface area contributed by atoms with E-state index in [2.05, 4.69) is 31.5 Å². The van der Waals surface area contributed by atoms with Crippen molar-refractivity contribution >= 4 is 27.5 Å². The van der Waals surface area contributed by atoms with Gasteiger partial charge in [-0.05, 0) is 47.2 Å². The van der Waals surface area contributed by atoms with Gasteiger partial charge in [0.1, 0.15) is 0 Å². The summed E-state index contributed by atoms with van der Waals surface area (Å²) in [6.45, 7) is 0. The number of nitrogens with zero attached hydrogens (tertiary/aromatic N) is 1. The Morgan fingerprint density at radius 3 is 3.05 bits per heavy atom. The molecule has 2 aliphatic rings. The largest absolute Gasteiger partial charge is 0.324 e. The van der Waals surface area contributed by atoms with Crippen molar-refractivity contribution in [1.29, 1.82) is 0 Å². The van der Waals surface area contributed by atoms with Crippen molar-refractivity contribution in [2.75, 3.05) is 5.32 Å². The molecular formula is C14H18BrN3O. The smallest absolute Gasteiger partial charge is 0.241 e. The lowest BCUT2D eigenvalue weighted by Gasteiger charge is -2.24. The van der Waals surface area contributed by atoms with E-state index in [1.54, 1.807) is 12.4 Å². The zero-order valence-electron chi connectivity index (χ0n) is 10.7. The van der Waals surface area contributed by atoms with Crippen LogP contribution < -0.4 is 10.6 Å². The van der Waals surface area contributed by atoms with Gasteiger partial charge in [0.2, 0.25) is 5.91 Å². The molecule has 2 fully saturated rings. The van der Waals surface area contributed by atoms with Gasteiger partial charge in [0.25, 0.3) is 0 Å². The van der Waals surface area contributed by atoms with Crippen molar-refractivity contribution < 1.29 is 4.79 Å². The first-order valence-electron chi connectivity index (χ1n) is 6.90. The summed E-state index contributed by atoms with van der Waals surface area (Å²) in [6.07, 6.45) is 9.43. The molecule has 4 nitrogen and oxygen atoms in total. The van der Waals surface area contributed by atoms with Crippen molar-refractivity contribution in [2.24, 2.45) is 5.92 Å². The average molecular weight is 324 g/mol. The van der Waals surface area contributed by atoms with Crippen LogP contribution in [0.1, 0.15) is 32.1 Å². The first-order valence-corrected chi connectivity index (χ1v) is 7.70. The molecular weight excluding hydrogens is 306 g/mol. The quantitative estimate of drug-likeness (QED) is 0.879. The van der Waals surface area contributed by atoms with Gasteiger partial charge in [-0.25, -0.2) is 0 Å². The zero-order chi connectivity index (χ0) is 13.2. The summed E-state index contributed by atoms with van der Waals surface area (Å²) in [7, 11) is 0. The van der Waals surface area contributed by atoms with Crippen LogP contribution in [0.2, 0.25) is 0 Å². The Bertz CT molecular complexity index is 466. The van der Waals surface area contributed by atoms with E-state index in [0.717, 1.165) is 16.6 Å². The average Bonchev–Trinajstić information content (AvgIpc) is 2.85. The number of pyridine rings is 1. The van der Waals surface area contributed by atoms with Gasteiger partial charge in [0, 0.05) is 18.4 Å². The number of hydrogen-bond donors (Lipinski definition) is 2. The molecule has 1 saturated carbocycles. The van der Waals surface area contributed by atoms with E-state index in [0.29, 0.717) is 12.0 Å². The number of amides is 1. The predicted octanol–water partition coefficient (Wildman–Crippen LogP) is 2.70. The van der Waals surface area contributed by atoms with Crippen LogP contribution in [0.5, 0.6) is 0 Å². The summed E-state index contributed by atoms with van der Waals surface area (Å²) in [5, 5.41) is 6.46. The minimum Gasteiger partial charge on any atom is -0.324 e. The van der Waals surface area contributed by atoms with Crippen LogP contribution in [0.25, 0.3) is 0 Å². The molecule has 3 unspecified atom stereocenters. The number of carbonyl (C=O) groups is 1. The maximum atomic E-state index is 12.3. The highest BCUT2D eigenvalue weighted by Gasteiger charge is 2.38. The zero-order valence-corrected chi connectivity index (χ0v) is 12.3. The number of nitrogens with one attached hydrogen (secondary N) is 2. The molecule has 1 aromatic heterocycles. The van der Waals surface area contributed by atoms with Gasteiger partial charge in [0.05, 0.1) is 16.2 Å². The van der Waals surface area contributed by atoms with Crippen LogP contribution in [-0.2, 0) is 4.79 Å². The molecule has 3 atom stereocenters. The van der Waals surface area contributed by atoms with Crippen LogP contribution in [-0.4, -0.2) is 23.0 Å². The number of halogens is 1. The van der Waals surface area contributed by atoms with Crippen LogP contribution in [0.4, 0.5) is 5.69 Å².